The Balaban J connectivity index is 1.97. The Hall–Kier alpha value is -2.68. The van der Waals surface area contributed by atoms with Crippen molar-refractivity contribution in [3.63, 3.8) is 0 Å². The van der Waals surface area contributed by atoms with Crippen molar-refractivity contribution in [1.82, 2.24) is 9.78 Å². The molecule has 1 heterocycles. The minimum absolute atomic E-state index is 0.0747. The quantitative estimate of drug-likeness (QED) is 0.418. The summed E-state index contributed by atoms with van der Waals surface area (Å²) in [7, 11) is 0. The summed E-state index contributed by atoms with van der Waals surface area (Å²) in [4.78, 5) is 0. The van der Waals surface area contributed by atoms with Crippen LogP contribution >= 0.6 is 0 Å². The van der Waals surface area contributed by atoms with E-state index in [0.29, 0.717) is 29.4 Å². The van der Waals surface area contributed by atoms with E-state index in [1.54, 1.807) is 0 Å². The van der Waals surface area contributed by atoms with Crippen LogP contribution in [-0.2, 0) is 13.0 Å². The molecule has 0 saturated carbocycles. The summed E-state index contributed by atoms with van der Waals surface area (Å²) in [5.74, 6) is -1.89. The van der Waals surface area contributed by atoms with E-state index in [1.165, 1.54) is 28.9 Å². The highest BCUT2D eigenvalue weighted by Gasteiger charge is 2.31. The maximum Gasteiger partial charge on any atom is 0.573 e. The van der Waals surface area contributed by atoms with Crippen molar-refractivity contribution in [3.05, 3.63) is 59.3 Å². The number of aliphatic hydroxyl groups excluding tert-OH is 1. The molecule has 0 amide bonds. The molecule has 2 aromatic carbocycles. The van der Waals surface area contributed by atoms with E-state index in [1.807, 2.05) is 0 Å². The largest absolute Gasteiger partial charge is 0.573 e. The van der Waals surface area contributed by atoms with Gasteiger partial charge in [0.2, 0.25) is 0 Å². The van der Waals surface area contributed by atoms with Crippen LogP contribution in [0.25, 0.3) is 10.9 Å². The molecule has 0 unspecified atom stereocenters. The fraction of sp³-hybridized carbons (Fsp3) is 0.350. The summed E-state index contributed by atoms with van der Waals surface area (Å²) in [5.41, 5.74) is 1.16. The van der Waals surface area contributed by atoms with Crippen LogP contribution < -0.4 is 4.74 Å². The van der Waals surface area contributed by atoms with E-state index in [9.17, 15) is 22.0 Å². The van der Waals surface area contributed by atoms with E-state index >= 15 is 0 Å². The number of hydrogen-bond donors (Lipinski definition) is 1. The lowest BCUT2D eigenvalue weighted by atomic mass is 10.1. The van der Waals surface area contributed by atoms with Crippen LogP contribution in [0.15, 0.2) is 36.4 Å². The first-order valence-corrected chi connectivity index (χ1v) is 9.07. The number of halogens is 5. The highest BCUT2D eigenvalue weighted by Crippen LogP contribution is 2.29. The average Bonchev–Trinajstić information content (AvgIpc) is 2.97. The first-order valence-electron chi connectivity index (χ1n) is 9.07. The number of fused-ring (bicyclic) bond motifs is 1. The summed E-state index contributed by atoms with van der Waals surface area (Å²) in [6.45, 7) is 0.00585. The third-order valence-electron chi connectivity index (χ3n) is 4.44. The van der Waals surface area contributed by atoms with Crippen molar-refractivity contribution in [2.45, 2.75) is 38.6 Å². The van der Waals surface area contributed by atoms with Gasteiger partial charge in [0.15, 0.2) is 0 Å². The fourth-order valence-electron chi connectivity index (χ4n) is 3.12. The molecule has 0 fully saturated rings. The molecular weight excluding hydrogens is 395 g/mol. The molecule has 0 atom stereocenters. The van der Waals surface area contributed by atoms with Crippen molar-refractivity contribution >= 4 is 10.9 Å². The number of aromatic nitrogens is 2. The molecule has 4 nitrogen and oxygen atoms in total. The number of ether oxygens (including phenoxy) is 1. The third-order valence-corrected chi connectivity index (χ3v) is 4.44. The smallest absolute Gasteiger partial charge is 0.406 e. The van der Waals surface area contributed by atoms with E-state index in [0.717, 1.165) is 25.0 Å². The number of nitrogens with zero attached hydrogens (tertiary/aromatic N) is 2. The molecule has 3 aromatic rings. The first kappa shape index (κ1) is 21.0. The van der Waals surface area contributed by atoms with Crippen molar-refractivity contribution in [3.8, 4) is 5.75 Å². The predicted octanol–water partition coefficient (Wildman–Crippen LogP) is 4.97. The summed E-state index contributed by atoms with van der Waals surface area (Å²) < 4.78 is 70.3. The van der Waals surface area contributed by atoms with Gasteiger partial charge < -0.3 is 9.84 Å². The molecule has 1 aromatic heterocycles. The van der Waals surface area contributed by atoms with Crippen LogP contribution in [0.2, 0.25) is 0 Å². The van der Waals surface area contributed by atoms with Gasteiger partial charge in [-0.1, -0.05) is 12.5 Å². The number of alkyl halides is 3. The van der Waals surface area contributed by atoms with Crippen molar-refractivity contribution < 1.29 is 31.8 Å². The average molecular weight is 414 g/mol. The second kappa shape index (κ2) is 8.77. The molecule has 0 aliphatic heterocycles. The molecule has 1 N–H and O–H groups in total. The summed E-state index contributed by atoms with van der Waals surface area (Å²) in [5, 5.41) is 14.0. The number of aliphatic hydroxyl groups is 1. The lowest BCUT2D eigenvalue weighted by Gasteiger charge is -2.10. The second-order valence-electron chi connectivity index (χ2n) is 6.60. The Morgan fingerprint density at radius 3 is 2.48 bits per heavy atom. The first-order chi connectivity index (χ1) is 13.8. The Labute approximate surface area is 163 Å². The van der Waals surface area contributed by atoms with E-state index in [-0.39, 0.29) is 18.7 Å². The van der Waals surface area contributed by atoms with E-state index in [2.05, 4.69) is 9.84 Å². The minimum atomic E-state index is -4.84. The number of aryl methyl sites for hydroxylation is 1. The molecule has 0 bridgehead atoms. The molecule has 9 heteroatoms. The zero-order chi connectivity index (χ0) is 21.0. The van der Waals surface area contributed by atoms with Crippen LogP contribution in [0.3, 0.4) is 0 Å². The lowest BCUT2D eigenvalue weighted by Crippen LogP contribution is -2.17. The van der Waals surface area contributed by atoms with Crippen molar-refractivity contribution in [1.29, 1.82) is 0 Å². The van der Waals surface area contributed by atoms with Crippen LogP contribution in [0.5, 0.6) is 5.75 Å². The summed E-state index contributed by atoms with van der Waals surface area (Å²) >= 11 is 0. The Morgan fingerprint density at radius 2 is 1.79 bits per heavy atom. The maximum atomic E-state index is 14.1. The highest BCUT2D eigenvalue weighted by molar-refractivity contribution is 5.83. The monoisotopic (exact) mass is 414 g/mol. The van der Waals surface area contributed by atoms with Gasteiger partial charge in [-0.15, -0.1) is 13.2 Å². The fourth-order valence-corrected chi connectivity index (χ4v) is 3.12. The Bertz CT molecular complexity index is 985. The number of benzene rings is 2. The minimum Gasteiger partial charge on any atom is -0.406 e. The van der Waals surface area contributed by atoms with E-state index < -0.39 is 23.7 Å². The summed E-state index contributed by atoms with van der Waals surface area (Å²) in [6, 6.07) is 7.02. The molecule has 0 radical (unpaired) electrons. The predicted molar refractivity (Wildman–Crippen MR) is 96.5 cm³/mol. The standard InChI is InChI=1S/C20H19F5N2O2/c21-14-6-5-13(17(22)10-14)12-27-19-11-15(29-20(23,24)25)7-8-16(19)18(26-27)4-2-1-3-9-28/h5-8,10-11,28H,1-4,9,12H2. The molecular formula is C20H19F5N2O2. The van der Waals surface area contributed by atoms with Gasteiger partial charge in [-0.3, -0.25) is 4.68 Å². The van der Waals surface area contributed by atoms with Gasteiger partial charge in [0, 0.05) is 29.7 Å². The van der Waals surface area contributed by atoms with Crippen molar-refractivity contribution in [2.75, 3.05) is 6.61 Å². The number of rotatable bonds is 8. The van der Waals surface area contributed by atoms with Gasteiger partial charge in [-0.2, -0.15) is 5.10 Å². The van der Waals surface area contributed by atoms with Gasteiger partial charge in [0.25, 0.3) is 0 Å². The third kappa shape index (κ3) is 5.44. The van der Waals surface area contributed by atoms with Gasteiger partial charge in [-0.05, 0) is 37.5 Å². The lowest BCUT2D eigenvalue weighted by molar-refractivity contribution is -0.274. The molecule has 156 valence electrons. The zero-order valence-electron chi connectivity index (χ0n) is 15.3. The summed E-state index contributed by atoms with van der Waals surface area (Å²) in [6.07, 6.45) is -2.14. The number of hydrogen-bond acceptors (Lipinski definition) is 3. The zero-order valence-corrected chi connectivity index (χ0v) is 15.3. The molecule has 0 aliphatic carbocycles. The van der Waals surface area contributed by atoms with Crippen LogP contribution in [0.1, 0.15) is 30.5 Å². The van der Waals surface area contributed by atoms with E-state index in [4.69, 9.17) is 5.11 Å². The van der Waals surface area contributed by atoms with Gasteiger partial charge >= 0.3 is 6.36 Å². The Morgan fingerprint density at radius 1 is 1.00 bits per heavy atom. The van der Waals surface area contributed by atoms with Crippen LogP contribution in [0, 0.1) is 11.6 Å². The molecule has 29 heavy (non-hydrogen) atoms. The van der Waals surface area contributed by atoms with Gasteiger partial charge in [0.05, 0.1) is 17.8 Å². The van der Waals surface area contributed by atoms with Crippen LogP contribution in [0.4, 0.5) is 22.0 Å². The maximum absolute atomic E-state index is 14.1. The Kier molecular flexibility index (Phi) is 6.36. The molecule has 0 aliphatic rings. The SMILES string of the molecule is OCCCCCc1nn(Cc2ccc(F)cc2F)c2cc(OC(F)(F)F)ccc12. The van der Waals surface area contributed by atoms with Crippen molar-refractivity contribution in [2.24, 2.45) is 0 Å². The van der Waals surface area contributed by atoms with Gasteiger partial charge in [-0.25, -0.2) is 8.78 Å². The van der Waals surface area contributed by atoms with Gasteiger partial charge in [0.1, 0.15) is 17.4 Å². The second-order valence-corrected chi connectivity index (χ2v) is 6.60. The van der Waals surface area contributed by atoms with Crippen LogP contribution in [-0.4, -0.2) is 27.9 Å². The topological polar surface area (TPSA) is 47.3 Å². The molecule has 0 spiro atoms. The molecule has 0 saturated heterocycles. The highest BCUT2D eigenvalue weighted by atomic mass is 19.4. The molecule has 3 rings (SSSR count). The number of unbranched alkanes of at least 4 members (excludes halogenated alkanes) is 2. The normalized spacial score (nSPS) is 11.9.